The van der Waals surface area contributed by atoms with Crippen LogP contribution in [-0.4, -0.2) is 5.78 Å². The number of carbonyl (C=O) groups is 1. The van der Waals surface area contributed by atoms with E-state index in [2.05, 4.69) is 24.8 Å². The molecule has 0 N–H and O–H groups in total. The van der Waals surface area contributed by atoms with Crippen molar-refractivity contribution >= 4 is 5.78 Å². The maximum Gasteiger partial charge on any atom is 0.155 e. The molecule has 0 saturated heterocycles. The Morgan fingerprint density at radius 1 is 0.900 bits per heavy atom. The Balaban J connectivity index is 3.39. The summed E-state index contributed by atoms with van der Waals surface area (Å²) in [6.45, 7) is 5.59. The first-order valence-corrected chi connectivity index (χ1v) is 7.57. The standard InChI is InChI=1S/C19H28O/c1-3-5-7-9-10-11-12-13-14-16-18-19(20)17-15-8-6-4-2/h3-9,15,17H,2,10-14,16,18H2,1H3/b5-3+,8-6+,9-7+,17-15+. The van der Waals surface area contributed by atoms with Gasteiger partial charge in [-0.2, -0.15) is 0 Å². The fourth-order valence-corrected chi connectivity index (χ4v) is 1.77. The van der Waals surface area contributed by atoms with E-state index in [9.17, 15) is 4.79 Å². The molecule has 0 aromatic heterocycles. The van der Waals surface area contributed by atoms with Crippen LogP contribution in [0.4, 0.5) is 0 Å². The molecule has 0 aliphatic heterocycles. The SMILES string of the molecule is C=C/C=C/C=C/C(=O)CCCCCCC/C=C/C=C/C. The minimum atomic E-state index is 0.216. The molecule has 0 spiro atoms. The number of ketones is 1. The summed E-state index contributed by atoms with van der Waals surface area (Å²) < 4.78 is 0. The average molecular weight is 272 g/mol. The molecule has 0 aliphatic carbocycles. The molecule has 110 valence electrons. The van der Waals surface area contributed by atoms with Crippen molar-refractivity contribution in [3.05, 3.63) is 61.3 Å². The first-order chi connectivity index (χ1) is 9.81. The number of unbranched alkanes of at least 4 members (excludes halogenated alkanes) is 5. The summed E-state index contributed by atoms with van der Waals surface area (Å²) in [7, 11) is 0. The van der Waals surface area contributed by atoms with Crippen molar-refractivity contribution in [3.63, 3.8) is 0 Å². The van der Waals surface area contributed by atoms with Crippen LogP contribution in [0.5, 0.6) is 0 Å². The van der Waals surface area contributed by atoms with E-state index in [-0.39, 0.29) is 5.78 Å². The molecule has 0 atom stereocenters. The fraction of sp³-hybridized carbons (Fsp3) is 0.421. The highest BCUT2D eigenvalue weighted by molar-refractivity contribution is 5.89. The van der Waals surface area contributed by atoms with Gasteiger partial charge < -0.3 is 0 Å². The second kappa shape index (κ2) is 15.4. The van der Waals surface area contributed by atoms with Gasteiger partial charge in [0.05, 0.1) is 0 Å². The van der Waals surface area contributed by atoms with E-state index in [4.69, 9.17) is 0 Å². The highest BCUT2D eigenvalue weighted by Gasteiger charge is 1.96. The Morgan fingerprint density at radius 2 is 1.65 bits per heavy atom. The predicted octanol–water partition coefficient (Wildman–Crippen LogP) is 5.72. The zero-order chi connectivity index (χ0) is 14.9. The zero-order valence-corrected chi connectivity index (χ0v) is 12.8. The third kappa shape index (κ3) is 14.4. The summed E-state index contributed by atoms with van der Waals surface area (Å²) in [5.41, 5.74) is 0. The van der Waals surface area contributed by atoms with Gasteiger partial charge in [-0.15, -0.1) is 0 Å². The first kappa shape index (κ1) is 18.4. The number of hydrogen-bond acceptors (Lipinski definition) is 1. The Morgan fingerprint density at radius 3 is 2.40 bits per heavy atom. The lowest BCUT2D eigenvalue weighted by Crippen LogP contribution is -1.91. The molecular weight excluding hydrogens is 244 g/mol. The van der Waals surface area contributed by atoms with Crippen LogP contribution in [0.15, 0.2) is 61.3 Å². The first-order valence-electron chi connectivity index (χ1n) is 7.57. The molecule has 20 heavy (non-hydrogen) atoms. The van der Waals surface area contributed by atoms with Gasteiger partial charge in [0, 0.05) is 6.42 Å². The van der Waals surface area contributed by atoms with Gasteiger partial charge in [-0.3, -0.25) is 4.79 Å². The monoisotopic (exact) mass is 272 g/mol. The molecule has 0 heterocycles. The number of hydrogen-bond donors (Lipinski definition) is 0. The topological polar surface area (TPSA) is 17.1 Å². The summed E-state index contributed by atoms with van der Waals surface area (Å²) in [6.07, 6.45) is 24.9. The van der Waals surface area contributed by atoms with Gasteiger partial charge >= 0.3 is 0 Å². The fourth-order valence-electron chi connectivity index (χ4n) is 1.77. The summed E-state index contributed by atoms with van der Waals surface area (Å²) in [6, 6.07) is 0. The molecule has 0 fully saturated rings. The van der Waals surface area contributed by atoms with E-state index in [1.807, 2.05) is 25.2 Å². The number of rotatable bonds is 12. The molecule has 0 radical (unpaired) electrons. The molecule has 0 unspecified atom stereocenters. The maximum absolute atomic E-state index is 11.5. The van der Waals surface area contributed by atoms with Crippen molar-refractivity contribution < 1.29 is 4.79 Å². The summed E-state index contributed by atoms with van der Waals surface area (Å²) in [5, 5.41) is 0. The Labute approximate surface area is 124 Å². The molecule has 0 amide bonds. The minimum absolute atomic E-state index is 0.216. The maximum atomic E-state index is 11.5. The van der Waals surface area contributed by atoms with Crippen LogP contribution in [0.1, 0.15) is 51.9 Å². The molecule has 0 saturated carbocycles. The lowest BCUT2D eigenvalue weighted by molar-refractivity contribution is -0.114. The molecule has 0 aromatic rings. The van der Waals surface area contributed by atoms with Crippen molar-refractivity contribution in [2.45, 2.75) is 51.9 Å². The van der Waals surface area contributed by atoms with Crippen LogP contribution in [-0.2, 0) is 4.79 Å². The van der Waals surface area contributed by atoms with Crippen molar-refractivity contribution in [2.24, 2.45) is 0 Å². The molecule has 1 heteroatoms. The van der Waals surface area contributed by atoms with Gasteiger partial charge in [0.15, 0.2) is 5.78 Å². The lowest BCUT2D eigenvalue weighted by Gasteiger charge is -1.98. The second-order valence-corrected chi connectivity index (χ2v) is 4.71. The van der Waals surface area contributed by atoms with E-state index in [1.165, 1.54) is 19.3 Å². The molecule has 0 rings (SSSR count). The average Bonchev–Trinajstić information content (AvgIpc) is 2.45. The second-order valence-electron chi connectivity index (χ2n) is 4.71. The predicted molar refractivity (Wildman–Crippen MR) is 89.8 cm³/mol. The van der Waals surface area contributed by atoms with E-state index >= 15 is 0 Å². The van der Waals surface area contributed by atoms with Crippen LogP contribution < -0.4 is 0 Å². The van der Waals surface area contributed by atoms with Crippen LogP contribution in [0.2, 0.25) is 0 Å². The lowest BCUT2D eigenvalue weighted by atomic mass is 10.1. The van der Waals surface area contributed by atoms with Crippen molar-refractivity contribution in [3.8, 4) is 0 Å². The Hall–Kier alpha value is -1.63. The summed E-state index contributed by atoms with van der Waals surface area (Å²) in [5.74, 6) is 0.216. The normalized spacial score (nSPS) is 12.2. The number of carbonyl (C=O) groups excluding carboxylic acids is 1. The summed E-state index contributed by atoms with van der Waals surface area (Å²) >= 11 is 0. The van der Waals surface area contributed by atoms with Crippen molar-refractivity contribution in [2.75, 3.05) is 0 Å². The quantitative estimate of drug-likeness (QED) is 0.252. The van der Waals surface area contributed by atoms with Crippen LogP contribution >= 0.6 is 0 Å². The van der Waals surface area contributed by atoms with E-state index < -0.39 is 0 Å². The van der Waals surface area contributed by atoms with Gasteiger partial charge in [-0.1, -0.05) is 74.4 Å². The van der Waals surface area contributed by atoms with Crippen molar-refractivity contribution in [1.29, 1.82) is 0 Å². The molecule has 0 aliphatic rings. The molecule has 1 nitrogen and oxygen atoms in total. The largest absolute Gasteiger partial charge is 0.295 e. The van der Waals surface area contributed by atoms with E-state index in [0.29, 0.717) is 6.42 Å². The molecular formula is C19H28O. The number of allylic oxidation sites excluding steroid dienone is 9. The molecule has 0 bridgehead atoms. The van der Waals surface area contributed by atoms with Crippen molar-refractivity contribution in [1.82, 2.24) is 0 Å². The highest BCUT2D eigenvalue weighted by Crippen LogP contribution is 2.08. The van der Waals surface area contributed by atoms with Gasteiger partial charge in [0.1, 0.15) is 0 Å². The van der Waals surface area contributed by atoms with Gasteiger partial charge in [-0.05, 0) is 32.3 Å². The zero-order valence-electron chi connectivity index (χ0n) is 12.8. The van der Waals surface area contributed by atoms with E-state index in [0.717, 1.165) is 19.3 Å². The third-order valence-electron chi connectivity index (χ3n) is 2.87. The van der Waals surface area contributed by atoms with Gasteiger partial charge in [-0.25, -0.2) is 0 Å². The summed E-state index contributed by atoms with van der Waals surface area (Å²) in [4.78, 5) is 11.5. The van der Waals surface area contributed by atoms with Gasteiger partial charge in [0.25, 0.3) is 0 Å². The van der Waals surface area contributed by atoms with Crippen LogP contribution in [0, 0.1) is 0 Å². The van der Waals surface area contributed by atoms with Crippen LogP contribution in [0.25, 0.3) is 0 Å². The van der Waals surface area contributed by atoms with E-state index in [1.54, 1.807) is 18.2 Å². The van der Waals surface area contributed by atoms with Crippen LogP contribution in [0.3, 0.4) is 0 Å². The smallest absolute Gasteiger partial charge is 0.155 e. The Kier molecular flexibility index (Phi) is 14.2. The van der Waals surface area contributed by atoms with Gasteiger partial charge in [0.2, 0.25) is 0 Å². The molecule has 0 aromatic carbocycles. The highest BCUT2D eigenvalue weighted by atomic mass is 16.1. The minimum Gasteiger partial charge on any atom is -0.295 e. The Bertz CT molecular complexity index is 356. The third-order valence-corrected chi connectivity index (χ3v) is 2.87.